The maximum atomic E-state index is 12.7. The van der Waals surface area contributed by atoms with Crippen molar-refractivity contribution in [3.8, 4) is 0 Å². The molecule has 0 aliphatic carbocycles. The number of sulfonamides is 2. The Morgan fingerprint density at radius 1 is 1.14 bits per heavy atom. The molecule has 1 saturated heterocycles. The van der Waals surface area contributed by atoms with Gasteiger partial charge in [0.05, 0.1) is 16.3 Å². The van der Waals surface area contributed by atoms with E-state index in [1.807, 2.05) is 0 Å². The number of benzene rings is 2. The van der Waals surface area contributed by atoms with E-state index in [0.717, 1.165) is 0 Å². The summed E-state index contributed by atoms with van der Waals surface area (Å²) < 4.78 is 52.2. The van der Waals surface area contributed by atoms with E-state index in [0.29, 0.717) is 29.9 Å². The molecule has 29 heavy (non-hydrogen) atoms. The number of nitrogens with one attached hydrogen (secondary N) is 2. The van der Waals surface area contributed by atoms with Crippen LogP contribution in [0.4, 0.5) is 11.4 Å². The number of carbonyl (C=O) groups excluding carboxylic acids is 1. The molecule has 2 N–H and O–H groups in total. The lowest BCUT2D eigenvalue weighted by molar-refractivity contribution is 0.102. The van der Waals surface area contributed by atoms with Crippen molar-refractivity contribution in [3.63, 3.8) is 0 Å². The van der Waals surface area contributed by atoms with Crippen LogP contribution in [0, 0.1) is 6.92 Å². The molecule has 1 heterocycles. The lowest BCUT2D eigenvalue weighted by Gasteiger charge is -2.17. The minimum absolute atomic E-state index is 0.0182. The van der Waals surface area contributed by atoms with Crippen LogP contribution >= 0.6 is 0 Å². The third-order valence-electron chi connectivity index (χ3n) is 4.61. The maximum Gasteiger partial charge on any atom is 0.255 e. The van der Waals surface area contributed by atoms with Crippen LogP contribution in [0.15, 0.2) is 47.4 Å². The second kappa shape index (κ2) is 8.13. The highest BCUT2D eigenvalue weighted by atomic mass is 32.2. The van der Waals surface area contributed by atoms with Gasteiger partial charge >= 0.3 is 0 Å². The van der Waals surface area contributed by atoms with Crippen molar-refractivity contribution in [2.24, 2.45) is 0 Å². The Morgan fingerprint density at radius 3 is 2.41 bits per heavy atom. The molecule has 8 nitrogen and oxygen atoms in total. The minimum atomic E-state index is -3.67. The minimum Gasteiger partial charge on any atom is -0.322 e. The summed E-state index contributed by atoms with van der Waals surface area (Å²) in [5, 5.41) is 2.73. The molecule has 0 saturated carbocycles. The van der Waals surface area contributed by atoms with Crippen molar-refractivity contribution in [2.75, 3.05) is 28.5 Å². The van der Waals surface area contributed by atoms with Gasteiger partial charge in [0, 0.05) is 24.3 Å². The molecule has 2 aromatic rings. The number of hydrogen-bond donors (Lipinski definition) is 2. The van der Waals surface area contributed by atoms with E-state index in [-0.39, 0.29) is 22.8 Å². The van der Waals surface area contributed by atoms with E-state index in [2.05, 4.69) is 10.0 Å². The first-order chi connectivity index (χ1) is 13.6. The van der Waals surface area contributed by atoms with Crippen molar-refractivity contribution >= 4 is 37.3 Å². The smallest absolute Gasteiger partial charge is 0.255 e. The molecule has 0 atom stereocenters. The van der Waals surface area contributed by atoms with Gasteiger partial charge in [-0.05, 0) is 55.3 Å². The van der Waals surface area contributed by atoms with Crippen LogP contribution in [0.1, 0.15) is 29.3 Å². The van der Waals surface area contributed by atoms with E-state index in [1.165, 1.54) is 16.4 Å². The summed E-state index contributed by atoms with van der Waals surface area (Å²) in [7, 11) is -6.94. The third-order valence-corrected chi connectivity index (χ3v) is 8.02. The van der Waals surface area contributed by atoms with E-state index in [4.69, 9.17) is 0 Å². The highest BCUT2D eigenvalue weighted by Gasteiger charge is 2.28. The zero-order valence-corrected chi connectivity index (χ0v) is 17.8. The van der Waals surface area contributed by atoms with Crippen molar-refractivity contribution in [3.05, 3.63) is 53.6 Å². The first-order valence-electron chi connectivity index (χ1n) is 9.16. The van der Waals surface area contributed by atoms with Crippen LogP contribution in [0.5, 0.6) is 0 Å². The number of amides is 1. The Labute approximate surface area is 171 Å². The fourth-order valence-electron chi connectivity index (χ4n) is 3.13. The maximum absolute atomic E-state index is 12.7. The molecule has 1 fully saturated rings. The number of anilines is 2. The lowest BCUT2D eigenvalue weighted by atomic mass is 10.1. The average molecular weight is 438 g/mol. The largest absolute Gasteiger partial charge is 0.322 e. The molecule has 10 heteroatoms. The van der Waals surface area contributed by atoms with Crippen molar-refractivity contribution < 1.29 is 21.6 Å². The van der Waals surface area contributed by atoms with E-state index in [9.17, 15) is 21.6 Å². The zero-order valence-electron chi connectivity index (χ0n) is 16.2. The first-order valence-corrected chi connectivity index (χ1v) is 12.3. The van der Waals surface area contributed by atoms with Gasteiger partial charge in [-0.15, -0.1) is 0 Å². The first kappa shape index (κ1) is 21.3. The molecule has 0 unspecified atom stereocenters. The molecule has 0 spiro atoms. The topological polar surface area (TPSA) is 113 Å². The summed E-state index contributed by atoms with van der Waals surface area (Å²) in [5.74, 6) is -0.311. The predicted molar refractivity (Wildman–Crippen MR) is 112 cm³/mol. The monoisotopic (exact) mass is 437 g/mol. The van der Waals surface area contributed by atoms with Crippen LogP contribution in [-0.4, -0.2) is 41.6 Å². The molecule has 3 rings (SSSR count). The molecule has 1 aliphatic rings. The summed E-state index contributed by atoms with van der Waals surface area (Å²) in [6.07, 6.45) is 0.590. The summed E-state index contributed by atoms with van der Waals surface area (Å²) in [6, 6.07) is 10.9. The molecule has 0 radical (unpaired) electrons. The number of aryl methyl sites for hydroxylation is 1. The second-order valence-corrected chi connectivity index (χ2v) is 10.5. The van der Waals surface area contributed by atoms with Crippen LogP contribution < -0.4 is 14.3 Å². The Kier molecular flexibility index (Phi) is 5.97. The molecule has 1 aliphatic heterocycles. The number of hydrogen-bond acceptors (Lipinski definition) is 5. The Bertz CT molecular complexity index is 1130. The lowest BCUT2D eigenvalue weighted by Crippen LogP contribution is -2.25. The van der Waals surface area contributed by atoms with Crippen LogP contribution in [0.25, 0.3) is 0 Å². The summed E-state index contributed by atoms with van der Waals surface area (Å²) in [4.78, 5) is 12.7. The second-order valence-electron chi connectivity index (χ2n) is 6.72. The highest BCUT2D eigenvalue weighted by Crippen LogP contribution is 2.26. The number of carbonyl (C=O) groups is 1. The van der Waals surface area contributed by atoms with Crippen LogP contribution in [0.3, 0.4) is 0 Å². The Balaban J connectivity index is 1.80. The molecular formula is C19H23N3O5S2. The van der Waals surface area contributed by atoms with Gasteiger partial charge in [0.1, 0.15) is 0 Å². The Morgan fingerprint density at radius 2 is 1.83 bits per heavy atom. The van der Waals surface area contributed by atoms with Gasteiger partial charge < -0.3 is 5.32 Å². The zero-order chi connectivity index (χ0) is 21.2. The molecule has 1 amide bonds. The van der Waals surface area contributed by atoms with E-state index in [1.54, 1.807) is 44.2 Å². The van der Waals surface area contributed by atoms with Gasteiger partial charge in [-0.25, -0.2) is 21.6 Å². The van der Waals surface area contributed by atoms with Gasteiger partial charge in [-0.2, -0.15) is 0 Å². The van der Waals surface area contributed by atoms with Gasteiger partial charge in [-0.3, -0.25) is 9.10 Å². The summed E-state index contributed by atoms with van der Waals surface area (Å²) in [6.45, 7) is 4.09. The molecule has 156 valence electrons. The third kappa shape index (κ3) is 4.60. The van der Waals surface area contributed by atoms with Crippen LogP contribution in [0.2, 0.25) is 0 Å². The Hall–Kier alpha value is -2.43. The molecule has 0 bridgehead atoms. The standard InChI is InChI=1S/C19H23N3O5S2/c1-3-20-29(26,27)17-10-5-14(2)18(13-17)19(23)21-15-6-8-16(9-7-15)22-11-4-12-28(22,24)25/h5-10,13,20H,3-4,11-12H2,1-2H3,(H,21,23). The number of rotatable bonds is 6. The summed E-state index contributed by atoms with van der Waals surface area (Å²) >= 11 is 0. The van der Waals surface area contributed by atoms with E-state index >= 15 is 0 Å². The summed E-state index contributed by atoms with van der Waals surface area (Å²) in [5.41, 5.74) is 1.91. The molecule has 2 aromatic carbocycles. The fraction of sp³-hybridized carbons (Fsp3) is 0.316. The highest BCUT2D eigenvalue weighted by molar-refractivity contribution is 7.93. The van der Waals surface area contributed by atoms with Gasteiger partial charge in [0.2, 0.25) is 20.0 Å². The van der Waals surface area contributed by atoms with Crippen molar-refractivity contribution in [2.45, 2.75) is 25.2 Å². The van der Waals surface area contributed by atoms with Gasteiger partial charge in [0.25, 0.3) is 5.91 Å². The van der Waals surface area contributed by atoms with Crippen molar-refractivity contribution in [1.29, 1.82) is 0 Å². The van der Waals surface area contributed by atoms with Gasteiger partial charge in [0.15, 0.2) is 0 Å². The fourth-order valence-corrected chi connectivity index (χ4v) is 5.76. The normalized spacial score (nSPS) is 16.0. The SMILES string of the molecule is CCNS(=O)(=O)c1ccc(C)c(C(=O)Nc2ccc(N3CCCS3(=O)=O)cc2)c1. The predicted octanol–water partition coefficient (Wildman–Crippen LogP) is 2.09. The van der Waals surface area contributed by atoms with Gasteiger partial charge in [-0.1, -0.05) is 13.0 Å². The molecular weight excluding hydrogens is 414 g/mol. The number of nitrogens with zero attached hydrogens (tertiary/aromatic N) is 1. The molecule has 0 aromatic heterocycles. The van der Waals surface area contributed by atoms with Crippen molar-refractivity contribution in [1.82, 2.24) is 4.72 Å². The quantitative estimate of drug-likeness (QED) is 0.719. The van der Waals surface area contributed by atoms with Crippen LogP contribution in [-0.2, 0) is 20.0 Å². The van der Waals surface area contributed by atoms with E-state index < -0.39 is 26.0 Å². The average Bonchev–Trinajstić information content (AvgIpc) is 3.01.